The van der Waals surface area contributed by atoms with Gasteiger partial charge in [-0.05, 0) is 52.2 Å². The van der Waals surface area contributed by atoms with Gasteiger partial charge in [-0.3, -0.25) is 4.79 Å². The lowest BCUT2D eigenvalue weighted by Crippen LogP contribution is -2.62. The molecule has 4 fully saturated rings. The first-order chi connectivity index (χ1) is 24.6. The van der Waals surface area contributed by atoms with Crippen molar-refractivity contribution in [3.05, 3.63) is 24.3 Å². The van der Waals surface area contributed by atoms with Crippen molar-refractivity contribution < 1.29 is 72.0 Å². The summed E-state index contributed by atoms with van der Waals surface area (Å²) in [4.78, 5) is 38.7. The van der Waals surface area contributed by atoms with Crippen LogP contribution in [0.5, 0.6) is 0 Å². The first kappa shape index (κ1) is 40.7. The highest BCUT2D eigenvalue weighted by molar-refractivity contribution is 5.91. The molecule has 5 rings (SSSR count). The molecule has 1 unspecified atom stereocenters. The molecule has 0 aromatic rings. The van der Waals surface area contributed by atoms with Crippen LogP contribution in [0, 0.1) is 23.7 Å². The summed E-state index contributed by atoms with van der Waals surface area (Å²) in [5.41, 5.74) is -1.35. The zero-order valence-corrected chi connectivity index (χ0v) is 31.4. The number of fused-ring (bicyclic) bond motifs is 1. The fourth-order valence-corrected chi connectivity index (χ4v) is 7.99. The van der Waals surface area contributed by atoms with E-state index in [1.165, 1.54) is 26.4 Å². The van der Waals surface area contributed by atoms with Crippen molar-refractivity contribution in [1.29, 1.82) is 0 Å². The van der Waals surface area contributed by atoms with E-state index in [9.17, 15) is 24.6 Å². The van der Waals surface area contributed by atoms with Gasteiger partial charge in [-0.25, -0.2) is 9.59 Å². The van der Waals surface area contributed by atoms with Gasteiger partial charge in [0.2, 0.25) is 0 Å². The minimum absolute atomic E-state index is 0.0493. The number of aliphatic hydroxyl groups excluding tert-OH is 2. The van der Waals surface area contributed by atoms with E-state index in [0.29, 0.717) is 6.42 Å². The molecular weight excluding hydrogens is 684 g/mol. The lowest BCUT2D eigenvalue weighted by molar-refractivity contribution is -0.308. The molecule has 0 amide bonds. The molecule has 5 aliphatic heterocycles. The van der Waals surface area contributed by atoms with Crippen molar-refractivity contribution in [3.63, 3.8) is 0 Å². The Labute approximate surface area is 305 Å². The molecule has 18 atom stereocenters. The molecule has 4 saturated heterocycles. The van der Waals surface area contributed by atoms with Gasteiger partial charge in [-0.15, -0.1) is 0 Å². The molecule has 0 aromatic heterocycles. The number of methoxy groups -OCH3 is 2. The monoisotopic (exact) mass is 740 g/mol. The van der Waals surface area contributed by atoms with Crippen molar-refractivity contribution in [1.82, 2.24) is 0 Å². The van der Waals surface area contributed by atoms with Gasteiger partial charge in [-0.1, -0.05) is 26.8 Å². The molecule has 5 heterocycles. The van der Waals surface area contributed by atoms with Crippen LogP contribution < -0.4 is 0 Å². The van der Waals surface area contributed by atoms with Gasteiger partial charge in [0.1, 0.15) is 42.7 Å². The number of carbonyl (C=O) groups is 3. The maximum Gasteiger partial charge on any atom is 0.509 e. The Hall–Kier alpha value is -2.47. The minimum Gasteiger partial charge on any atom is -0.459 e. The quantitative estimate of drug-likeness (QED) is 0.286. The Bertz CT molecular complexity index is 1320. The molecule has 0 aromatic carbocycles. The predicted molar refractivity (Wildman–Crippen MR) is 181 cm³/mol. The molecule has 294 valence electrons. The number of ketones is 1. The largest absolute Gasteiger partial charge is 0.509 e. The van der Waals surface area contributed by atoms with Gasteiger partial charge in [0.15, 0.2) is 24.0 Å². The molecule has 2 N–H and O–H groups in total. The average Bonchev–Trinajstić information content (AvgIpc) is 3.79. The van der Waals surface area contributed by atoms with E-state index in [-0.39, 0.29) is 24.7 Å². The maximum atomic E-state index is 13.4. The van der Waals surface area contributed by atoms with Crippen LogP contribution in [0.1, 0.15) is 61.3 Å². The van der Waals surface area contributed by atoms with Crippen molar-refractivity contribution >= 4 is 17.9 Å². The maximum absolute atomic E-state index is 13.4. The molecule has 52 heavy (non-hydrogen) atoms. The summed E-state index contributed by atoms with van der Waals surface area (Å²) in [5.74, 6) is -2.20. The Balaban J connectivity index is 1.34. The third kappa shape index (κ3) is 8.74. The second-order valence-electron chi connectivity index (χ2n) is 15.0. The zero-order chi connectivity index (χ0) is 38.1. The highest BCUT2D eigenvalue weighted by Gasteiger charge is 2.61. The summed E-state index contributed by atoms with van der Waals surface area (Å²) < 4.78 is 58.3. The Morgan fingerprint density at radius 1 is 0.827 bits per heavy atom. The van der Waals surface area contributed by atoms with Gasteiger partial charge in [0.25, 0.3) is 0 Å². The van der Waals surface area contributed by atoms with Crippen molar-refractivity contribution in [2.24, 2.45) is 23.7 Å². The Morgan fingerprint density at radius 3 is 2.19 bits per heavy atom. The van der Waals surface area contributed by atoms with E-state index < -0.39 is 115 Å². The number of carbonyl (C=O) groups excluding carboxylic acids is 3. The smallest absolute Gasteiger partial charge is 0.459 e. The molecular formula is C37H56O15. The fourth-order valence-electron chi connectivity index (χ4n) is 7.99. The van der Waals surface area contributed by atoms with Crippen LogP contribution in [0.15, 0.2) is 24.3 Å². The van der Waals surface area contributed by atoms with E-state index >= 15 is 0 Å². The van der Waals surface area contributed by atoms with E-state index in [2.05, 4.69) is 0 Å². The van der Waals surface area contributed by atoms with E-state index in [0.717, 1.165) is 0 Å². The SMILES string of the molecule is CO[C@@H]1[C@H](O)[C@@H](C)O[C@@H](OC[C@H]2[C@@H]3O[C@@H]3/C=C/C(=O)[C@H](C)C[C@H](C)[C@H](O[C@@H]3OC(C)C[C@@]4(OC(=O)O[C@@H]4C)[C@H]3O)[C@@H](C)/C=C/C(=O)O[C@@H]2C)[C@@H]1OC. The van der Waals surface area contributed by atoms with Crippen LogP contribution in [0.25, 0.3) is 0 Å². The lowest BCUT2D eigenvalue weighted by Gasteiger charge is -2.46. The van der Waals surface area contributed by atoms with Crippen molar-refractivity contribution in [2.45, 2.75) is 147 Å². The number of epoxide rings is 1. The summed E-state index contributed by atoms with van der Waals surface area (Å²) in [6.07, 6.45) is -3.65. The highest BCUT2D eigenvalue weighted by Crippen LogP contribution is 2.42. The fraction of sp³-hybridized carbons (Fsp3) is 0.811. The van der Waals surface area contributed by atoms with Gasteiger partial charge in [-0.2, -0.15) is 0 Å². The van der Waals surface area contributed by atoms with Crippen molar-refractivity contribution in [3.8, 4) is 0 Å². The first-order valence-electron chi connectivity index (χ1n) is 18.3. The first-order valence-corrected chi connectivity index (χ1v) is 18.3. The van der Waals surface area contributed by atoms with Gasteiger partial charge in [0.05, 0.1) is 31.0 Å². The molecule has 15 heteroatoms. The molecule has 0 aliphatic carbocycles. The molecule has 15 nitrogen and oxygen atoms in total. The summed E-state index contributed by atoms with van der Waals surface area (Å²) >= 11 is 0. The number of rotatable bonds is 7. The van der Waals surface area contributed by atoms with Crippen LogP contribution >= 0.6 is 0 Å². The average molecular weight is 741 g/mol. The molecule has 1 spiro atoms. The zero-order valence-electron chi connectivity index (χ0n) is 31.4. The van der Waals surface area contributed by atoms with Crippen LogP contribution in [0.4, 0.5) is 4.79 Å². The molecule has 5 aliphatic rings. The number of aliphatic hydroxyl groups is 2. The number of hydrogen-bond acceptors (Lipinski definition) is 15. The third-order valence-corrected chi connectivity index (χ3v) is 11.2. The second kappa shape index (κ2) is 16.9. The van der Waals surface area contributed by atoms with Gasteiger partial charge in [0, 0.05) is 44.5 Å². The Morgan fingerprint density at radius 2 is 1.54 bits per heavy atom. The molecule has 0 radical (unpaired) electrons. The third-order valence-electron chi connectivity index (χ3n) is 11.2. The summed E-state index contributed by atoms with van der Waals surface area (Å²) in [7, 11) is 2.96. The van der Waals surface area contributed by atoms with Crippen LogP contribution in [0.3, 0.4) is 0 Å². The number of allylic oxidation sites excluding steroid dienone is 1. The van der Waals surface area contributed by atoms with Crippen LogP contribution in [-0.2, 0) is 57.0 Å². The number of cyclic esters (lactones) is 2. The number of esters is 1. The standard InChI is InChI=1S/C37H56O15/c1-17-10-13-27(39)47-21(5)24(16-45-34-32(44-9)31(43-8)28(40)22(6)48-34)30-26(50-30)12-11-25(38)18(2)14-19(3)29(17)51-35-33(41)37(15-20(4)46-35)23(7)49-36(42)52-37/h10-13,17-24,26,28-35,40-41H,14-16H2,1-9H3/b12-11+,13-10+/t17-,18+,19-,20?,21+,22+,23+,24+,26+,28+,29+,30-,31+,32+,33-,34+,35-,37-/m0/s1. The molecule has 0 saturated carbocycles. The summed E-state index contributed by atoms with van der Waals surface area (Å²) in [6, 6.07) is 0. The minimum atomic E-state index is -1.36. The molecule has 0 bridgehead atoms. The summed E-state index contributed by atoms with van der Waals surface area (Å²) in [5, 5.41) is 22.0. The second-order valence-corrected chi connectivity index (χ2v) is 15.0. The van der Waals surface area contributed by atoms with Gasteiger partial charge >= 0.3 is 12.1 Å². The summed E-state index contributed by atoms with van der Waals surface area (Å²) in [6.45, 7) is 12.6. The van der Waals surface area contributed by atoms with Crippen LogP contribution in [0.2, 0.25) is 0 Å². The number of ether oxygens (including phenoxy) is 10. The Kier molecular flexibility index (Phi) is 13.2. The normalized spacial score (nSPS) is 48.7. The van der Waals surface area contributed by atoms with Gasteiger partial charge < -0.3 is 57.6 Å². The predicted octanol–water partition coefficient (Wildman–Crippen LogP) is 2.62. The van der Waals surface area contributed by atoms with Crippen molar-refractivity contribution in [2.75, 3.05) is 20.8 Å². The van der Waals surface area contributed by atoms with E-state index in [4.69, 9.17) is 47.4 Å². The van der Waals surface area contributed by atoms with E-state index in [1.54, 1.807) is 39.8 Å². The lowest BCUT2D eigenvalue weighted by atomic mass is 9.82. The van der Waals surface area contributed by atoms with E-state index in [1.807, 2.05) is 20.8 Å². The highest BCUT2D eigenvalue weighted by atomic mass is 16.8. The number of hydrogen-bond donors (Lipinski definition) is 2. The van der Waals surface area contributed by atoms with Crippen LogP contribution in [-0.4, -0.2) is 134 Å². The topological polar surface area (TPSA) is 187 Å².